The first-order valence-electron chi connectivity index (χ1n) is 22.1. The normalized spacial score (nSPS) is 20.2. The number of benzene rings is 4. The number of carbonyl (C=O) groups is 7. The van der Waals surface area contributed by atoms with Gasteiger partial charge in [-0.05, 0) is 90.9 Å². The van der Waals surface area contributed by atoms with Crippen LogP contribution in [0, 0.1) is 11.8 Å². The monoisotopic (exact) mass is 921 g/mol. The molecular weight excluding hydrogens is 866 g/mol. The summed E-state index contributed by atoms with van der Waals surface area (Å²) in [7, 11) is 1.45. The highest BCUT2D eigenvalue weighted by molar-refractivity contribution is 6.30. The van der Waals surface area contributed by atoms with Gasteiger partial charge in [-0.2, -0.15) is 0 Å². The Bertz CT molecular complexity index is 2480. The molecule has 4 aromatic rings. The summed E-state index contributed by atoms with van der Waals surface area (Å²) in [5.41, 5.74) is 14.5. The first-order chi connectivity index (χ1) is 31.5. The van der Waals surface area contributed by atoms with Crippen LogP contribution in [0.3, 0.4) is 0 Å². The van der Waals surface area contributed by atoms with Crippen molar-refractivity contribution in [2.24, 2.45) is 23.3 Å². The van der Waals surface area contributed by atoms with Crippen molar-refractivity contribution in [2.45, 2.75) is 88.9 Å². The average Bonchev–Trinajstić information content (AvgIpc) is 3.70. The van der Waals surface area contributed by atoms with E-state index in [1.54, 1.807) is 30.3 Å². The van der Waals surface area contributed by atoms with Gasteiger partial charge in [-0.3, -0.25) is 33.6 Å². The minimum absolute atomic E-state index is 0.0769. The van der Waals surface area contributed by atoms with Crippen LogP contribution in [0.1, 0.15) is 85.8 Å². The van der Waals surface area contributed by atoms with Crippen molar-refractivity contribution in [1.29, 1.82) is 0 Å². The van der Waals surface area contributed by atoms with Gasteiger partial charge < -0.3 is 41.9 Å². The molecule has 0 aliphatic carbocycles. The molecule has 4 amide bonds. The SMILES string of the molecule is C[C@@H]1CC(=O)[C@@H](N(C)C(=O)[C@H](CCCCN)CC(=O)c2ccc(-c3ccc(Cl)cc3)cc2)c2ccc(O)c(c2)-c2cc(ccc2O)C[C@@H](C(=O)CCC(=O)N2CC[C@H](O)[C@H]2C(N)=O)NC1=O. The van der Waals surface area contributed by atoms with Crippen molar-refractivity contribution in [3.63, 3.8) is 0 Å². The molecule has 2 aliphatic heterocycles. The Morgan fingerprint density at radius 3 is 2.15 bits per heavy atom. The van der Waals surface area contributed by atoms with Crippen LogP contribution in [0.5, 0.6) is 11.5 Å². The number of aromatic hydroxyl groups is 2. The van der Waals surface area contributed by atoms with Crippen LogP contribution < -0.4 is 16.8 Å². The van der Waals surface area contributed by atoms with Crippen molar-refractivity contribution >= 4 is 52.6 Å². The number of aliphatic hydroxyl groups excluding tert-OH is 1. The molecule has 0 spiro atoms. The summed E-state index contributed by atoms with van der Waals surface area (Å²) in [5.74, 6) is -6.32. The molecule has 66 heavy (non-hydrogen) atoms. The number of hydrogen-bond donors (Lipinski definition) is 6. The fourth-order valence-corrected chi connectivity index (χ4v) is 8.96. The van der Waals surface area contributed by atoms with Crippen molar-refractivity contribution in [3.05, 3.63) is 107 Å². The maximum Gasteiger partial charge on any atom is 0.242 e. The van der Waals surface area contributed by atoms with Crippen LogP contribution >= 0.6 is 11.6 Å². The molecular formula is C50H56ClN5O10. The molecule has 6 rings (SSSR count). The first-order valence-corrected chi connectivity index (χ1v) is 22.5. The van der Waals surface area contributed by atoms with Crippen LogP contribution in [0.15, 0.2) is 84.9 Å². The van der Waals surface area contributed by atoms with Gasteiger partial charge >= 0.3 is 0 Å². The molecule has 2 aliphatic rings. The van der Waals surface area contributed by atoms with Crippen molar-refractivity contribution in [1.82, 2.24) is 15.1 Å². The Labute approximate surface area is 388 Å². The number of nitrogens with two attached hydrogens (primary N) is 2. The highest BCUT2D eigenvalue weighted by atomic mass is 35.5. The number of primary amides is 1. The molecule has 0 radical (unpaired) electrons. The van der Waals surface area contributed by atoms with E-state index in [1.807, 2.05) is 24.3 Å². The van der Waals surface area contributed by atoms with Gasteiger partial charge in [0.15, 0.2) is 17.3 Å². The fourth-order valence-electron chi connectivity index (χ4n) is 8.83. The predicted molar refractivity (Wildman–Crippen MR) is 247 cm³/mol. The molecule has 8 N–H and O–H groups in total. The second kappa shape index (κ2) is 21.7. The van der Waals surface area contributed by atoms with Gasteiger partial charge in [-0.25, -0.2) is 0 Å². The Kier molecular flexibility index (Phi) is 16.1. The number of fused-ring (bicyclic) bond motifs is 5. The number of amides is 4. The van der Waals surface area contributed by atoms with E-state index in [-0.39, 0.29) is 79.0 Å². The third-order valence-electron chi connectivity index (χ3n) is 12.6. The summed E-state index contributed by atoms with van der Waals surface area (Å²) in [6.07, 6.45) is -0.892. The van der Waals surface area contributed by atoms with Crippen LogP contribution in [0.2, 0.25) is 5.02 Å². The van der Waals surface area contributed by atoms with E-state index in [1.165, 1.54) is 49.2 Å². The lowest BCUT2D eigenvalue weighted by molar-refractivity contribution is -0.142. The van der Waals surface area contributed by atoms with Gasteiger partial charge in [0.05, 0.1) is 12.1 Å². The molecule has 0 aromatic heterocycles. The maximum absolute atomic E-state index is 14.7. The lowest BCUT2D eigenvalue weighted by Crippen LogP contribution is -2.49. The highest BCUT2D eigenvalue weighted by Gasteiger charge is 2.40. The number of nitrogens with one attached hydrogen (secondary N) is 1. The summed E-state index contributed by atoms with van der Waals surface area (Å²) in [5, 5.41) is 35.9. The summed E-state index contributed by atoms with van der Waals surface area (Å²) in [6, 6.07) is 19.4. The fraction of sp³-hybridized carbons (Fsp3) is 0.380. The second-order valence-electron chi connectivity index (χ2n) is 17.3. The number of likely N-dealkylation sites (N-methyl/N-ethyl adjacent to an activating group) is 1. The molecule has 348 valence electrons. The summed E-state index contributed by atoms with van der Waals surface area (Å²) in [4.78, 5) is 98.5. The highest BCUT2D eigenvalue weighted by Crippen LogP contribution is 2.40. The number of hydrogen-bond acceptors (Lipinski definition) is 11. The molecule has 0 unspecified atom stereocenters. The van der Waals surface area contributed by atoms with Crippen LogP contribution in [-0.4, -0.2) is 104 Å². The van der Waals surface area contributed by atoms with Gasteiger partial charge in [0.1, 0.15) is 23.6 Å². The van der Waals surface area contributed by atoms with E-state index in [9.17, 15) is 48.9 Å². The topological polar surface area (TPSA) is 251 Å². The molecule has 6 atom stereocenters. The lowest BCUT2D eigenvalue weighted by Gasteiger charge is -2.32. The number of ketones is 3. The zero-order valence-corrected chi connectivity index (χ0v) is 37.7. The van der Waals surface area contributed by atoms with Gasteiger partial charge in [0.2, 0.25) is 23.6 Å². The Hall–Kier alpha value is -6.42. The van der Waals surface area contributed by atoms with E-state index in [0.29, 0.717) is 42.0 Å². The number of halogens is 1. The van der Waals surface area contributed by atoms with Gasteiger partial charge in [0, 0.05) is 72.8 Å². The standard InChI is InChI=1S/C50H56ClN5O10/c1-28-23-44(62)46(55(2)50(66)34(5-3-4-21-52)27-43(61)32-9-7-30(8-10-32)31-11-14-35(51)15-12-31)33-13-17-40(58)37(26-33)36-24-29(6-16-39(36)57)25-38(54-49(28)65)41(59)18-19-45(63)56-22-20-42(60)47(56)48(53)64/h6-17,24,26,28,34,38,42,46-47,57-58,60H,3-5,18-23,25,27,52H2,1-2H3,(H2,53,64)(H,54,65)/t28-,34-,38+,42+,46+,47+/m1/s1. The van der Waals surface area contributed by atoms with Crippen molar-refractivity contribution < 1.29 is 48.9 Å². The number of carbonyl (C=O) groups excluding carboxylic acids is 7. The van der Waals surface area contributed by atoms with Crippen LogP contribution in [0.4, 0.5) is 0 Å². The van der Waals surface area contributed by atoms with E-state index in [4.69, 9.17) is 23.1 Å². The summed E-state index contributed by atoms with van der Waals surface area (Å²) in [6.45, 7) is 1.96. The van der Waals surface area contributed by atoms with Crippen molar-refractivity contribution in [2.75, 3.05) is 20.1 Å². The maximum atomic E-state index is 14.7. The number of nitrogens with zero attached hydrogens (tertiary/aromatic N) is 2. The number of likely N-dealkylation sites (tertiary alicyclic amines) is 1. The smallest absolute Gasteiger partial charge is 0.242 e. The molecule has 2 heterocycles. The zero-order chi connectivity index (χ0) is 47.8. The Morgan fingerprint density at radius 2 is 1.50 bits per heavy atom. The number of phenolic OH excluding ortho intramolecular Hbond substituents is 2. The summed E-state index contributed by atoms with van der Waals surface area (Å²) >= 11 is 6.06. The van der Waals surface area contributed by atoms with Gasteiger partial charge in [-0.1, -0.05) is 73.5 Å². The molecule has 4 bridgehead atoms. The quantitative estimate of drug-likeness (QED) is 0.0681. The largest absolute Gasteiger partial charge is 0.507 e. The first kappa shape index (κ1) is 49.0. The average molecular weight is 922 g/mol. The number of phenols is 2. The van der Waals surface area contributed by atoms with Crippen LogP contribution in [0.25, 0.3) is 22.3 Å². The summed E-state index contributed by atoms with van der Waals surface area (Å²) < 4.78 is 0. The number of rotatable bonds is 15. The molecule has 15 nitrogen and oxygen atoms in total. The predicted octanol–water partition coefficient (Wildman–Crippen LogP) is 5.04. The molecule has 0 saturated carbocycles. The number of unbranched alkanes of at least 4 members (excludes halogenated alkanes) is 1. The minimum atomic E-state index is -1.32. The molecule has 1 saturated heterocycles. The molecule has 16 heteroatoms. The zero-order valence-electron chi connectivity index (χ0n) is 37.0. The minimum Gasteiger partial charge on any atom is -0.507 e. The van der Waals surface area contributed by atoms with E-state index >= 15 is 0 Å². The third kappa shape index (κ3) is 11.5. The second-order valence-corrected chi connectivity index (χ2v) is 17.7. The van der Waals surface area contributed by atoms with E-state index < -0.39 is 71.3 Å². The van der Waals surface area contributed by atoms with E-state index in [2.05, 4.69) is 5.32 Å². The number of Topliss-reactive ketones (excluding diaryl/α,β-unsaturated/α-hetero) is 3. The third-order valence-corrected chi connectivity index (χ3v) is 12.8. The molecule has 4 aromatic carbocycles. The molecule has 1 fully saturated rings. The van der Waals surface area contributed by atoms with Gasteiger partial charge in [-0.15, -0.1) is 0 Å². The van der Waals surface area contributed by atoms with Crippen LogP contribution in [-0.2, 0) is 35.2 Å². The Morgan fingerprint density at radius 1 is 0.864 bits per heavy atom. The lowest BCUT2D eigenvalue weighted by atomic mass is 9.87. The van der Waals surface area contributed by atoms with Gasteiger partial charge in [0.25, 0.3) is 0 Å². The Balaban J connectivity index is 1.28. The number of aliphatic hydroxyl groups is 1. The van der Waals surface area contributed by atoms with E-state index in [0.717, 1.165) is 16.0 Å². The van der Waals surface area contributed by atoms with Crippen molar-refractivity contribution in [3.8, 4) is 33.8 Å².